The van der Waals surface area contributed by atoms with Crippen LogP contribution in [-0.2, 0) is 0 Å². The molecular weight excluding hydrogens is 261 g/mol. The Kier molecular flexibility index (Phi) is 5.23. The predicted molar refractivity (Wildman–Crippen MR) is 78.9 cm³/mol. The standard InChI is InChI=1S/C16H23ClFN/c1-3-11-7-4-5-8-12(11)16(19-2)13-9-6-10-14(18)15(13)17/h6,9-12,16,19H,3-5,7-8H2,1-2H3. The summed E-state index contributed by atoms with van der Waals surface area (Å²) in [5, 5.41) is 3.65. The first-order valence-corrected chi connectivity index (χ1v) is 7.68. The second-order valence-electron chi connectivity index (χ2n) is 5.53. The predicted octanol–water partition coefficient (Wildman–Crippen LogP) is 4.96. The van der Waals surface area contributed by atoms with Gasteiger partial charge in [-0.15, -0.1) is 0 Å². The van der Waals surface area contributed by atoms with Gasteiger partial charge in [-0.3, -0.25) is 0 Å². The van der Waals surface area contributed by atoms with Gasteiger partial charge in [0.15, 0.2) is 0 Å². The summed E-state index contributed by atoms with van der Waals surface area (Å²) in [5.74, 6) is 0.955. The van der Waals surface area contributed by atoms with Crippen molar-refractivity contribution in [2.24, 2.45) is 11.8 Å². The molecule has 1 saturated carbocycles. The van der Waals surface area contributed by atoms with Crippen molar-refractivity contribution in [1.82, 2.24) is 5.32 Å². The molecule has 0 aliphatic heterocycles. The number of hydrogen-bond donors (Lipinski definition) is 1. The molecule has 0 amide bonds. The number of benzene rings is 1. The van der Waals surface area contributed by atoms with Crippen LogP contribution in [0.1, 0.15) is 50.6 Å². The molecule has 1 aliphatic carbocycles. The summed E-state index contributed by atoms with van der Waals surface area (Å²) in [4.78, 5) is 0. The topological polar surface area (TPSA) is 12.0 Å². The maximum atomic E-state index is 13.7. The highest BCUT2D eigenvalue weighted by Gasteiger charge is 2.32. The maximum Gasteiger partial charge on any atom is 0.142 e. The number of halogens is 2. The van der Waals surface area contributed by atoms with E-state index in [1.54, 1.807) is 6.07 Å². The smallest absolute Gasteiger partial charge is 0.142 e. The lowest BCUT2D eigenvalue weighted by atomic mass is 9.72. The Morgan fingerprint density at radius 3 is 2.79 bits per heavy atom. The Hall–Kier alpha value is -0.600. The van der Waals surface area contributed by atoms with Gasteiger partial charge in [-0.1, -0.05) is 56.3 Å². The van der Waals surface area contributed by atoms with E-state index in [4.69, 9.17) is 11.6 Å². The van der Waals surface area contributed by atoms with Crippen molar-refractivity contribution in [3.63, 3.8) is 0 Å². The van der Waals surface area contributed by atoms with Crippen LogP contribution in [0.4, 0.5) is 4.39 Å². The minimum Gasteiger partial charge on any atom is -0.313 e. The molecule has 0 spiro atoms. The first-order chi connectivity index (χ1) is 9.19. The first-order valence-electron chi connectivity index (χ1n) is 7.30. The van der Waals surface area contributed by atoms with E-state index in [1.807, 2.05) is 13.1 Å². The molecule has 0 heterocycles. The van der Waals surface area contributed by atoms with Crippen LogP contribution in [0.5, 0.6) is 0 Å². The van der Waals surface area contributed by atoms with Gasteiger partial charge in [0, 0.05) is 6.04 Å². The average Bonchev–Trinajstić information content (AvgIpc) is 2.45. The molecule has 1 aromatic carbocycles. The molecule has 0 bridgehead atoms. The van der Waals surface area contributed by atoms with Gasteiger partial charge in [-0.2, -0.15) is 0 Å². The van der Waals surface area contributed by atoms with E-state index in [0.29, 0.717) is 11.8 Å². The zero-order valence-corrected chi connectivity index (χ0v) is 12.5. The number of rotatable bonds is 4. The summed E-state index contributed by atoms with van der Waals surface area (Å²) in [6.07, 6.45) is 6.27. The fourth-order valence-corrected chi connectivity index (χ4v) is 3.79. The lowest BCUT2D eigenvalue weighted by Gasteiger charge is -2.37. The van der Waals surface area contributed by atoms with Gasteiger partial charge in [0.2, 0.25) is 0 Å². The highest BCUT2D eigenvalue weighted by molar-refractivity contribution is 6.31. The van der Waals surface area contributed by atoms with Crippen LogP contribution >= 0.6 is 11.6 Å². The largest absolute Gasteiger partial charge is 0.313 e. The van der Waals surface area contributed by atoms with Crippen molar-refractivity contribution in [2.75, 3.05) is 7.05 Å². The third-order valence-corrected chi connectivity index (χ3v) is 4.95. The summed E-state index contributed by atoms with van der Waals surface area (Å²) >= 11 is 6.16. The van der Waals surface area contributed by atoms with E-state index in [-0.39, 0.29) is 16.9 Å². The first kappa shape index (κ1) is 14.8. The summed E-state index contributed by atoms with van der Waals surface area (Å²) in [5.41, 5.74) is 0.912. The molecule has 2 rings (SSSR count). The Morgan fingerprint density at radius 1 is 1.37 bits per heavy atom. The van der Waals surface area contributed by atoms with E-state index in [1.165, 1.54) is 38.2 Å². The maximum absolute atomic E-state index is 13.7. The summed E-state index contributed by atoms with van der Waals surface area (Å²) in [7, 11) is 1.95. The van der Waals surface area contributed by atoms with Crippen LogP contribution in [0.25, 0.3) is 0 Å². The van der Waals surface area contributed by atoms with E-state index in [2.05, 4.69) is 12.2 Å². The Labute approximate surface area is 120 Å². The Bertz CT molecular complexity index is 421. The van der Waals surface area contributed by atoms with Crippen molar-refractivity contribution in [3.8, 4) is 0 Å². The summed E-state index contributed by atoms with van der Waals surface area (Å²) < 4.78 is 13.7. The molecule has 0 aromatic heterocycles. The van der Waals surface area contributed by atoms with Gasteiger partial charge in [-0.05, 0) is 36.9 Å². The van der Waals surface area contributed by atoms with Gasteiger partial charge >= 0.3 is 0 Å². The lowest BCUT2D eigenvalue weighted by molar-refractivity contribution is 0.180. The van der Waals surface area contributed by atoms with Crippen molar-refractivity contribution < 1.29 is 4.39 Å². The van der Waals surface area contributed by atoms with Crippen molar-refractivity contribution >= 4 is 11.6 Å². The van der Waals surface area contributed by atoms with E-state index < -0.39 is 0 Å². The van der Waals surface area contributed by atoms with E-state index in [0.717, 1.165) is 5.56 Å². The van der Waals surface area contributed by atoms with Crippen LogP contribution in [0.3, 0.4) is 0 Å². The molecule has 3 atom stereocenters. The molecule has 1 aromatic rings. The molecule has 1 N–H and O–H groups in total. The third kappa shape index (κ3) is 3.11. The molecule has 3 unspecified atom stereocenters. The normalized spacial score (nSPS) is 25.3. The number of hydrogen-bond acceptors (Lipinski definition) is 1. The van der Waals surface area contributed by atoms with Crippen LogP contribution in [0.2, 0.25) is 5.02 Å². The van der Waals surface area contributed by atoms with Crippen LogP contribution in [0.15, 0.2) is 18.2 Å². The third-order valence-electron chi connectivity index (χ3n) is 4.55. The molecule has 3 heteroatoms. The molecule has 0 radical (unpaired) electrons. The molecule has 1 fully saturated rings. The van der Waals surface area contributed by atoms with E-state index in [9.17, 15) is 4.39 Å². The molecule has 0 saturated heterocycles. The average molecular weight is 284 g/mol. The van der Waals surface area contributed by atoms with Crippen molar-refractivity contribution in [1.29, 1.82) is 0 Å². The highest BCUT2D eigenvalue weighted by atomic mass is 35.5. The molecule has 1 nitrogen and oxygen atoms in total. The minimum atomic E-state index is -0.316. The van der Waals surface area contributed by atoms with Gasteiger partial charge in [0.05, 0.1) is 5.02 Å². The molecular formula is C16H23ClFN. The summed E-state index contributed by atoms with van der Waals surface area (Å²) in [6, 6.07) is 5.29. The zero-order valence-electron chi connectivity index (χ0n) is 11.8. The van der Waals surface area contributed by atoms with Gasteiger partial charge in [0.25, 0.3) is 0 Å². The fourth-order valence-electron chi connectivity index (χ4n) is 3.54. The second kappa shape index (κ2) is 6.71. The van der Waals surface area contributed by atoms with Gasteiger partial charge in [-0.25, -0.2) is 4.39 Å². The lowest BCUT2D eigenvalue weighted by Crippen LogP contribution is -2.32. The molecule has 106 valence electrons. The van der Waals surface area contributed by atoms with Gasteiger partial charge < -0.3 is 5.32 Å². The monoisotopic (exact) mass is 283 g/mol. The van der Waals surface area contributed by atoms with Gasteiger partial charge in [0.1, 0.15) is 5.82 Å². The van der Waals surface area contributed by atoms with Crippen molar-refractivity contribution in [3.05, 3.63) is 34.6 Å². The van der Waals surface area contributed by atoms with Crippen LogP contribution in [0, 0.1) is 17.7 Å². The van der Waals surface area contributed by atoms with E-state index >= 15 is 0 Å². The zero-order chi connectivity index (χ0) is 13.8. The molecule has 19 heavy (non-hydrogen) atoms. The Balaban J connectivity index is 2.30. The SMILES string of the molecule is CCC1CCCCC1C(NC)c1cccc(F)c1Cl. The summed E-state index contributed by atoms with van der Waals surface area (Å²) in [6.45, 7) is 2.25. The highest BCUT2D eigenvalue weighted by Crippen LogP contribution is 2.42. The molecule has 1 aliphatic rings. The second-order valence-corrected chi connectivity index (χ2v) is 5.90. The van der Waals surface area contributed by atoms with Crippen LogP contribution < -0.4 is 5.32 Å². The fraction of sp³-hybridized carbons (Fsp3) is 0.625. The Morgan fingerprint density at radius 2 is 2.11 bits per heavy atom. The number of nitrogens with one attached hydrogen (secondary N) is 1. The van der Waals surface area contributed by atoms with Crippen molar-refractivity contribution in [2.45, 2.75) is 45.1 Å². The minimum absolute atomic E-state index is 0.161. The van der Waals surface area contributed by atoms with Crippen LogP contribution in [-0.4, -0.2) is 7.05 Å². The quantitative estimate of drug-likeness (QED) is 0.824.